The maximum absolute atomic E-state index is 4.93. The van der Waals surface area contributed by atoms with E-state index in [2.05, 4.69) is 150 Å². The van der Waals surface area contributed by atoms with E-state index < -0.39 is 20.8 Å². The molecule has 0 nitrogen and oxygen atoms in total. The van der Waals surface area contributed by atoms with Crippen LogP contribution in [0.25, 0.3) is 44.2 Å². The van der Waals surface area contributed by atoms with Crippen LogP contribution in [0.5, 0.6) is 0 Å². The van der Waals surface area contributed by atoms with Crippen molar-refractivity contribution in [1.29, 1.82) is 0 Å². The van der Waals surface area contributed by atoms with Gasteiger partial charge in [0.2, 0.25) is 0 Å². The molecule has 0 saturated carbocycles. The van der Waals surface area contributed by atoms with E-state index in [1.165, 1.54) is 84.1 Å². The van der Waals surface area contributed by atoms with E-state index in [9.17, 15) is 0 Å². The first kappa shape index (κ1) is 35.7. The summed E-state index contributed by atoms with van der Waals surface area (Å²) in [5.41, 5.74) is 12.4. The van der Waals surface area contributed by atoms with Crippen molar-refractivity contribution in [3.05, 3.63) is 138 Å². The SMILES string of the molecule is CCCCc1cc2c(-c3cc(C(C)C)cc(C(C)C)c3)c(-c3ccccc3)ccc2[cH-]1.[Cl][Zr+2][Cl].[c-]1cccc2c1[Si]c1ccccc1-2. The van der Waals surface area contributed by atoms with Crippen LogP contribution in [0.3, 0.4) is 0 Å². The third-order valence-corrected chi connectivity index (χ3v) is 10.2. The van der Waals surface area contributed by atoms with Crippen molar-refractivity contribution < 1.29 is 20.8 Å². The second kappa shape index (κ2) is 17.2. The molecule has 0 aliphatic carbocycles. The normalized spacial score (nSPS) is 11.3. The number of rotatable bonds is 7. The van der Waals surface area contributed by atoms with Crippen LogP contribution in [0.2, 0.25) is 0 Å². The van der Waals surface area contributed by atoms with Gasteiger partial charge in [0, 0.05) is 0 Å². The van der Waals surface area contributed by atoms with Gasteiger partial charge >= 0.3 is 37.9 Å². The van der Waals surface area contributed by atoms with Crippen LogP contribution in [-0.4, -0.2) is 9.52 Å². The van der Waals surface area contributed by atoms with Gasteiger partial charge in [-0.05, 0) is 46.1 Å². The number of fused-ring (bicyclic) bond motifs is 4. The predicted octanol–water partition coefficient (Wildman–Crippen LogP) is 12.0. The van der Waals surface area contributed by atoms with Crippen molar-refractivity contribution in [2.75, 3.05) is 0 Å². The molecule has 1 aliphatic heterocycles. The first-order chi connectivity index (χ1) is 22.8. The molecule has 6 aromatic rings. The van der Waals surface area contributed by atoms with Crippen molar-refractivity contribution in [2.24, 2.45) is 0 Å². The van der Waals surface area contributed by atoms with Gasteiger partial charge in [-0.2, -0.15) is 35.5 Å². The molecule has 0 atom stereocenters. The number of hydrogen-bond donors (Lipinski definition) is 0. The molecule has 0 saturated heterocycles. The summed E-state index contributed by atoms with van der Waals surface area (Å²) in [7, 11) is 10.7. The Morgan fingerprint density at radius 1 is 0.723 bits per heavy atom. The average molecular weight is 749 g/mol. The summed E-state index contributed by atoms with van der Waals surface area (Å²) in [5.74, 6) is 1.02. The minimum absolute atomic E-state index is 0.511. The van der Waals surface area contributed by atoms with Crippen LogP contribution in [-0.2, 0) is 27.3 Å². The molecular weight excluding hydrogens is 707 g/mol. The summed E-state index contributed by atoms with van der Waals surface area (Å²) < 4.78 is 0. The summed E-state index contributed by atoms with van der Waals surface area (Å²) >= 11 is -0.826. The molecule has 0 bridgehead atoms. The van der Waals surface area contributed by atoms with Crippen molar-refractivity contribution in [2.45, 2.75) is 65.7 Å². The first-order valence-corrected chi connectivity index (χ1v) is 23.9. The van der Waals surface area contributed by atoms with E-state index in [4.69, 9.17) is 17.0 Å². The Labute approximate surface area is 303 Å². The van der Waals surface area contributed by atoms with E-state index in [0.29, 0.717) is 11.8 Å². The molecule has 236 valence electrons. The third-order valence-electron chi connectivity index (χ3n) is 8.79. The fraction of sp³-hybridized carbons (Fsp3) is 0.233. The molecule has 1 heterocycles. The van der Waals surface area contributed by atoms with Gasteiger partial charge in [0.05, 0.1) is 9.52 Å². The fourth-order valence-electron chi connectivity index (χ4n) is 6.25. The molecule has 47 heavy (non-hydrogen) atoms. The van der Waals surface area contributed by atoms with Crippen LogP contribution >= 0.6 is 17.0 Å². The summed E-state index contributed by atoms with van der Waals surface area (Å²) in [5, 5.41) is 5.58. The molecular formula is C43H42Cl2SiZr. The molecule has 0 aromatic heterocycles. The maximum Gasteiger partial charge on any atom is 0.0920 e. The number of benzene rings is 5. The van der Waals surface area contributed by atoms with Gasteiger partial charge in [-0.3, -0.25) is 0 Å². The van der Waals surface area contributed by atoms with Crippen molar-refractivity contribution in [3.8, 4) is 33.4 Å². The molecule has 1 aliphatic rings. The molecule has 0 unspecified atom stereocenters. The minimum atomic E-state index is -0.826. The van der Waals surface area contributed by atoms with Crippen LogP contribution in [0.1, 0.15) is 76.0 Å². The molecule has 2 radical (unpaired) electrons. The predicted molar refractivity (Wildman–Crippen MR) is 205 cm³/mol. The van der Waals surface area contributed by atoms with Gasteiger partial charge in [0.1, 0.15) is 0 Å². The Morgan fingerprint density at radius 3 is 2.06 bits per heavy atom. The number of unbranched alkanes of at least 4 members (excludes halogenated alkanes) is 1. The molecule has 0 fully saturated rings. The van der Waals surface area contributed by atoms with Crippen molar-refractivity contribution in [1.82, 2.24) is 0 Å². The van der Waals surface area contributed by atoms with Gasteiger partial charge in [-0.1, -0.05) is 143 Å². The van der Waals surface area contributed by atoms with E-state index in [0.717, 1.165) is 15.9 Å². The van der Waals surface area contributed by atoms with Gasteiger partial charge < -0.3 is 0 Å². The average Bonchev–Trinajstić information content (AvgIpc) is 3.69. The first-order valence-electron chi connectivity index (χ1n) is 16.6. The summed E-state index contributed by atoms with van der Waals surface area (Å²) in [6, 6.07) is 45.8. The van der Waals surface area contributed by atoms with Crippen LogP contribution in [0, 0.1) is 6.07 Å². The maximum atomic E-state index is 4.93. The van der Waals surface area contributed by atoms with Gasteiger partial charge in [-0.25, -0.2) is 0 Å². The third kappa shape index (κ3) is 8.71. The Hall–Kier alpha value is -2.61. The molecule has 6 aromatic carbocycles. The number of aryl methyl sites for hydroxylation is 1. The molecule has 4 heteroatoms. The van der Waals surface area contributed by atoms with Gasteiger partial charge in [0.15, 0.2) is 0 Å². The summed E-state index contributed by atoms with van der Waals surface area (Å²) in [6.07, 6.45) is 3.64. The Bertz CT molecular complexity index is 1840. The minimum Gasteiger partial charge on any atom is -0.184 e. The molecule has 0 amide bonds. The Balaban J connectivity index is 0.000000222. The molecule has 7 rings (SSSR count). The molecule has 0 spiro atoms. The standard InChI is InChI=1S/C31H35.C12H7Si.2ClH.Zr/c1-6-7-11-23-16-25-14-15-29(24-12-9-8-10-13-24)31(30(25)17-23)28-19-26(21(2)3)18-27(20-28)22(4)5;1-3-7-11-9(5-1)10-6-2-4-8-12(10)13-11;;;/h8-10,12-22H,6-7,11H2,1-5H3;1-7H;2*1H;/q2*-1;;;+4/p-2. The Kier molecular flexibility index (Phi) is 13.0. The Morgan fingerprint density at radius 2 is 1.38 bits per heavy atom. The fourth-order valence-corrected chi connectivity index (χ4v) is 7.56. The topological polar surface area (TPSA) is 0 Å². The van der Waals surface area contributed by atoms with Crippen molar-refractivity contribution >= 4 is 47.7 Å². The van der Waals surface area contributed by atoms with Crippen LogP contribution in [0.4, 0.5) is 0 Å². The van der Waals surface area contributed by atoms with Gasteiger partial charge in [-0.15, -0.1) is 34.0 Å². The summed E-state index contributed by atoms with van der Waals surface area (Å²) in [6.45, 7) is 11.5. The number of halogens is 2. The zero-order valence-electron chi connectivity index (χ0n) is 28.0. The smallest absolute Gasteiger partial charge is 0.0920 e. The quantitative estimate of drug-likeness (QED) is 0.112. The van der Waals surface area contributed by atoms with E-state index in [-0.39, 0.29) is 0 Å². The van der Waals surface area contributed by atoms with Crippen molar-refractivity contribution in [3.63, 3.8) is 0 Å². The number of hydrogen-bond acceptors (Lipinski definition) is 0. The zero-order valence-corrected chi connectivity index (χ0v) is 33.0. The largest absolute Gasteiger partial charge is 0.184 e. The van der Waals surface area contributed by atoms with Gasteiger partial charge in [0.25, 0.3) is 0 Å². The van der Waals surface area contributed by atoms with Crippen LogP contribution < -0.4 is 10.4 Å². The second-order valence-electron chi connectivity index (χ2n) is 12.7. The summed E-state index contributed by atoms with van der Waals surface area (Å²) in [4.78, 5) is 0. The van der Waals surface area contributed by atoms with E-state index in [1.807, 2.05) is 6.07 Å². The monoisotopic (exact) mass is 746 g/mol. The van der Waals surface area contributed by atoms with E-state index in [1.54, 1.807) is 0 Å². The second-order valence-corrected chi connectivity index (χ2v) is 17.7. The van der Waals surface area contributed by atoms with Crippen LogP contribution in [0.15, 0.2) is 115 Å². The zero-order chi connectivity index (χ0) is 33.3. The molecule has 0 N–H and O–H groups in total. The van der Waals surface area contributed by atoms with E-state index >= 15 is 0 Å².